The van der Waals surface area contributed by atoms with Crippen LogP contribution in [0.4, 0.5) is 0 Å². The Morgan fingerprint density at radius 1 is 0.400 bits per heavy atom. The van der Waals surface area contributed by atoms with Crippen molar-refractivity contribution < 1.29 is 42.1 Å². The van der Waals surface area contributed by atoms with E-state index in [-0.39, 0.29) is 21.7 Å². The summed E-state index contributed by atoms with van der Waals surface area (Å²) in [4.78, 5) is 6.44. The van der Waals surface area contributed by atoms with Gasteiger partial charge in [-0.15, -0.1) is 0 Å². The second-order valence-corrected chi connectivity index (χ2v) is 6.25. The standard InChI is InChI=1S/4C4H10NO.Ti/c4*1-4(6)5(2)3;/h4*4H,1-3H3;/q4*-1;+4. The van der Waals surface area contributed by atoms with Gasteiger partial charge in [0.2, 0.25) is 0 Å². The van der Waals surface area contributed by atoms with Crippen LogP contribution in [0.1, 0.15) is 27.7 Å². The fraction of sp³-hybridized carbons (Fsp3) is 1.00. The number of rotatable bonds is 4. The Balaban J connectivity index is -0.0000000702. The normalized spacial score (nSPS) is 14.9. The molecule has 0 saturated heterocycles. The summed E-state index contributed by atoms with van der Waals surface area (Å²) in [7, 11) is 14.1. The van der Waals surface area contributed by atoms with Gasteiger partial charge in [0.1, 0.15) is 0 Å². The van der Waals surface area contributed by atoms with Crippen LogP contribution in [0.5, 0.6) is 0 Å². The van der Waals surface area contributed by atoms with Gasteiger partial charge in [-0.25, -0.2) is 0 Å². The summed E-state index contributed by atoms with van der Waals surface area (Å²) in [6.45, 7) is 6.44. The van der Waals surface area contributed by atoms with Crippen molar-refractivity contribution in [3.05, 3.63) is 0 Å². The van der Waals surface area contributed by atoms with Crippen LogP contribution in [-0.2, 0) is 21.7 Å². The third kappa shape index (κ3) is 45.5. The summed E-state index contributed by atoms with van der Waals surface area (Å²) in [5.74, 6) is 0. The van der Waals surface area contributed by atoms with Crippen molar-refractivity contribution in [1.82, 2.24) is 19.6 Å². The molecule has 0 fully saturated rings. The average molecular weight is 400 g/mol. The molecule has 0 amide bonds. The first kappa shape index (κ1) is 36.3. The fourth-order valence-corrected chi connectivity index (χ4v) is 0. The Kier molecular flexibility index (Phi) is 32.6. The SMILES string of the molecule is CC([O-])N(C)C.CC([O-])N(C)C.CC([O-])N(C)C.CC([O-])N(C)C.[Ti+4]. The maximum absolute atomic E-state index is 10.2. The molecule has 0 N–H and O–H groups in total. The largest absolute Gasteiger partial charge is 4.00 e. The van der Waals surface area contributed by atoms with Crippen molar-refractivity contribution in [2.75, 3.05) is 56.4 Å². The molecule has 0 aliphatic rings. The van der Waals surface area contributed by atoms with Crippen LogP contribution in [0, 0.1) is 0 Å². The zero-order chi connectivity index (χ0) is 20.6. The van der Waals surface area contributed by atoms with Gasteiger partial charge in [0.25, 0.3) is 0 Å². The molecule has 0 bridgehead atoms. The Labute approximate surface area is 170 Å². The van der Waals surface area contributed by atoms with Gasteiger partial charge < -0.3 is 40.0 Å². The summed E-state index contributed by atoms with van der Waals surface area (Å²) in [6, 6.07) is 0. The molecule has 8 nitrogen and oxygen atoms in total. The van der Waals surface area contributed by atoms with E-state index in [1.807, 2.05) is 0 Å². The van der Waals surface area contributed by atoms with E-state index in [0.717, 1.165) is 0 Å². The number of hydrogen-bond donors (Lipinski definition) is 0. The zero-order valence-corrected chi connectivity index (χ0v) is 19.8. The summed E-state index contributed by atoms with van der Waals surface area (Å²) >= 11 is 0. The summed E-state index contributed by atoms with van der Waals surface area (Å²) < 4.78 is 0. The molecule has 0 aliphatic heterocycles. The van der Waals surface area contributed by atoms with Gasteiger partial charge in [-0.2, -0.15) is 0 Å². The van der Waals surface area contributed by atoms with E-state index in [4.69, 9.17) is 0 Å². The van der Waals surface area contributed by atoms with Crippen molar-refractivity contribution in [3.63, 3.8) is 0 Å². The van der Waals surface area contributed by atoms with E-state index in [1.54, 1.807) is 104 Å². The van der Waals surface area contributed by atoms with E-state index in [1.165, 1.54) is 0 Å². The first-order chi connectivity index (χ1) is 10.6. The molecular weight excluding hydrogens is 360 g/mol. The molecule has 0 rings (SSSR count). The van der Waals surface area contributed by atoms with E-state index in [0.29, 0.717) is 0 Å². The average Bonchev–Trinajstić information content (AvgIpc) is 2.40. The smallest absolute Gasteiger partial charge is 0.841 e. The molecule has 4 unspecified atom stereocenters. The zero-order valence-electron chi connectivity index (χ0n) is 18.2. The molecule has 0 spiro atoms. The van der Waals surface area contributed by atoms with Crippen molar-refractivity contribution in [1.29, 1.82) is 0 Å². The number of hydrogen-bond acceptors (Lipinski definition) is 8. The van der Waals surface area contributed by atoms with Crippen molar-refractivity contribution in [2.45, 2.75) is 52.6 Å². The van der Waals surface area contributed by atoms with Crippen molar-refractivity contribution >= 4 is 0 Å². The Bertz CT molecular complexity index is 168. The molecule has 0 radical (unpaired) electrons. The minimum atomic E-state index is -0.565. The van der Waals surface area contributed by atoms with Gasteiger partial charge in [-0.1, -0.05) is 52.6 Å². The van der Waals surface area contributed by atoms with Crippen LogP contribution in [0.25, 0.3) is 0 Å². The minimum Gasteiger partial charge on any atom is -0.841 e. The maximum Gasteiger partial charge on any atom is 4.00 e. The first-order valence-corrected chi connectivity index (χ1v) is 7.86. The van der Waals surface area contributed by atoms with Crippen LogP contribution in [0.2, 0.25) is 0 Å². The Hall–Kier alpha value is 0.394. The second kappa shape index (κ2) is 22.4. The van der Waals surface area contributed by atoms with Gasteiger partial charge in [-0.3, -0.25) is 0 Å². The van der Waals surface area contributed by atoms with E-state index in [9.17, 15) is 20.4 Å². The van der Waals surface area contributed by atoms with Crippen LogP contribution in [0.15, 0.2) is 0 Å². The van der Waals surface area contributed by atoms with Crippen molar-refractivity contribution in [2.24, 2.45) is 0 Å². The van der Waals surface area contributed by atoms with Crippen LogP contribution < -0.4 is 20.4 Å². The topological polar surface area (TPSA) is 105 Å². The second-order valence-electron chi connectivity index (χ2n) is 6.25. The Morgan fingerprint density at radius 3 is 0.440 bits per heavy atom. The molecule has 25 heavy (non-hydrogen) atoms. The maximum atomic E-state index is 10.2. The fourth-order valence-electron chi connectivity index (χ4n) is 0. The summed E-state index contributed by atoms with van der Waals surface area (Å²) in [5.41, 5.74) is 0. The van der Waals surface area contributed by atoms with Crippen LogP contribution in [-0.4, -0.2) is 101 Å². The van der Waals surface area contributed by atoms with Crippen LogP contribution in [0.3, 0.4) is 0 Å². The Morgan fingerprint density at radius 2 is 0.440 bits per heavy atom. The van der Waals surface area contributed by atoms with Gasteiger partial charge in [-0.05, 0) is 56.4 Å². The molecule has 0 aromatic heterocycles. The first-order valence-electron chi connectivity index (χ1n) is 7.86. The molecule has 0 heterocycles. The summed E-state index contributed by atoms with van der Waals surface area (Å²) in [5, 5.41) is 40.6. The molecule has 4 atom stereocenters. The molecule has 0 aliphatic carbocycles. The van der Waals surface area contributed by atoms with Gasteiger partial charge in [0.15, 0.2) is 0 Å². The molecule has 0 aromatic carbocycles. The molecule has 0 saturated carbocycles. The minimum absolute atomic E-state index is 0. The van der Waals surface area contributed by atoms with Crippen LogP contribution >= 0.6 is 0 Å². The third-order valence-corrected chi connectivity index (χ3v) is 2.91. The van der Waals surface area contributed by atoms with E-state index >= 15 is 0 Å². The van der Waals surface area contributed by atoms with E-state index in [2.05, 4.69) is 0 Å². The molecular formula is C16H40N4O4Ti. The monoisotopic (exact) mass is 400 g/mol. The number of nitrogens with zero attached hydrogens (tertiary/aromatic N) is 4. The van der Waals surface area contributed by atoms with Gasteiger partial charge >= 0.3 is 21.7 Å². The van der Waals surface area contributed by atoms with Gasteiger partial charge in [0.05, 0.1) is 0 Å². The van der Waals surface area contributed by atoms with Gasteiger partial charge in [0, 0.05) is 0 Å². The molecule has 152 valence electrons. The summed E-state index contributed by atoms with van der Waals surface area (Å²) in [6.07, 6.45) is -2.26. The predicted octanol–water partition coefficient (Wildman–Crippen LogP) is -2.99. The third-order valence-electron chi connectivity index (χ3n) is 2.91. The quantitative estimate of drug-likeness (QED) is 0.364. The molecule has 0 aromatic rings. The van der Waals surface area contributed by atoms with Crippen molar-refractivity contribution in [3.8, 4) is 0 Å². The molecule has 9 heteroatoms. The predicted molar refractivity (Wildman–Crippen MR) is 92.6 cm³/mol. The van der Waals surface area contributed by atoms with E-state index < -0.39 is 24.9 Å².